The fourth-order valence-electron chi connectivity index (χ4n) is 1.25. The number of hydrogen-bond donors (Lipinski definition) is 1. The molecule has 84 valence electrons. The number of carbonyl (C=O) groups excluding carboxylic acids is 1. The summed E-state index contributed by atoms with van der Waals surface area (Å²) in [7, 11) is 0. The van der Waals surface area contributed by atoms with Crippen LogP contribution in [0.1, 0.15) is 28.4 Å². The van der Waals surface area contributed by atoms with Gasteiger partial charge in [0.05, 0.1) is 17.2 Å². The van der Waals surface area contributed by atoms with Crippen molar-refractivity contribution in [1.82, 2.24) is 0 Å². The predicted molar refractivity (Wildman–Crippen MR) is 50.6 cm³/mol. The largest absolute Gasteiger partial charge is 0.418 e. The first-order valence-corrected chi connectivity index (χ1v) is 4.19. The summed E-state index contributed by atoms with van der Waals surface area (Å²) in [6.07, 6.45) is -4.64. The minimum absolute atomic E-state index is 0.155. The number of halogens is 3. The SMILES string of the molecule is CC(=O)c1cc(C(F)(F)F)c(N)cc1C#N. The van der Waals surface area contributed by atoms with Gasteiger partial charge in [0, 0.05) is 11.3 Å². The average molecular weight is 228 g/mol. The molecule has 0 fully saturated rings. The Bertz CT molecular complexity index is 486. The van der Waals surface area contributed by atoms with E-state index in [9.17, 15) is 18.0 Å². The third kappa shape index (κ3) is 2.14. The molecule has 0 aliphatic heterocycles. The summed E-state index contributed by atoms with van der Waals surface area (Å²) in [6.45, 7) is 1.09. The number of hydrogen-bond acceptors (Lipinski definition) is 3. The Morgan fingerprint density at radius 2 is 2.00 bits per heavy atom. The van der Waals surface area contributed by atoms with E-state index in [4.69, 9.17) is 11.0 Å². The van der Waals surface area contributed by atoms with Gasteiger partial charge >= 0.3 is 6.18 Å². The van der Waals surface area contributed by atoms with Crippen molar-refractivity contribution in [3.05, 3.63) is 28.8 Å². The molecule has 0 amide bonds. The van der Waals surface area contributed by atoms with Gasteiger partial charge in [-0.1, -0.05) is 0 Å². The Labute approximate surface area is 89.3 Å². The molecule has 0 aliphatic carbocycles. The lowest BCUT2D eigenvalue weighted by atomic mass is 10.00. The van der Waals surface area contributed by atoms with Crippen LogP contribution in [0.5, 0.6) is 0 Å². The van der Waals surface area contributed by atoms with Crippen molar-refractivity contribution < 1.29 is 18.0 Å². The van der Waals surface area contributed by atoms with E-state index >= 15 is 0 Å². The molecule has 0 atom stereocenters. The fraction of sp³-hybridized carbons (Fsp3) is 0.200. The second-order valence-electron chi connectivity index (χ2n) is 3.15. The number of rotatable bonds is 1. The Kier molecular flexibility index (Phi) is 2.90. The minimum Gasteiger partial charge on any atom is -0.398 e. The number of benzene rings is 1. The van der Waals surface area contributed by atoms with Gasteiger partial charge in [-0.15, -0.1) is 0 Å². The molecule has 0 saturated carbocycles. The molecule has 6 heteroatoms. The molecule has 0 heterocycles. The number of alkyl halides is 3. The van der Waals surface area contributed by atoms with Gasteiger partial charge < -0.3 is 5.73 Å². The lowest BCUT2D eigenvalue weighted by Crippen LogP contribution is -2.11. The van der Waals surface area contributed by atoms with E-state index in [1.165, 1.54) is 0 Å². The van der Waals surface area contributed by atoms with Gasteiger partial charge in [-0.05, 0) is 19.1 Å². The average Bonchev–Trinajstić information content (AvgIpc) is 2.14. The number of nitrogen functional groups attached to an aromatic ring is 1. The third-order valence-corrected chi connectivity index (χ3v) is 1.99. The summed E-state index contributed by atoms with van der Waals surface area (Å²) >= 11 is 0. The van der Waals surface area contributed by atoms with Crippen LogP contribution in [0.3, 0.4) is 0 Å². The summed E-state index contributed by atoms with van der Waals surface area (Å²) in [5, 5.41) is 8.65. The summed E-state index contributed by atoms with van der Waals surface area (Å²) < 4.78 is 37.4. The van der Waals surface area contributed by atoms with Gasteiger partial charge in [0.25, 0.3) is 0 Å². The second kappa shape index (κ2) is 3.85. The number of nitrogens with two attached hydrogens (primary N) is 1. The number of anilines is 1. The first-order valence-electron chi connectivity index (χ1n) is 4.19. The molecule has 0 aliphatic rings. The van der Waals surface area contributed by atoms with Crippen molar-refractivity contribution in [2.24, 2.45) is 0 Å². The monoisotopic (exact) mass is 228 g/mol. The smallest absolute Gasteiger partial charge is 0.398 e. The van der Waals surface area contributed by atoms with E-state index in [1.54, 1.807) is 6.07 Å². The van der Waals surface area contributed by atoms with E-state index in [-0.39, 0.29) is 11.1 Å². The van der Waals surface area contributed by atoms with E-state index in [1.807, 2.05) is 0 Å². The van der Waals surface area contributed by atoms with Gasteiger partial charge in [-0.25, -0.2) is 0 Å². The summed E-state index contributed by atoms with van der Waals surface area (Å²) in [6, 6.07) is 3.10. The molecule has 0 unspecified atom stereocenters. The maximum atomic E-state index is 12.5. The van der Waals surface area contributed by atoms with Gasteiger partial charge in [-0.3, -0.25) is 4.79 Å². The van der Waals surface area contributed by atoms with Gasteiger partial charge in [0.1, 0.15) is 0 Å². The summed E-state index contributed by atoms with van der Waals surface area (Å²) in [5.74, 6) is -0.609. The van der Waals surface area contributed by atoms with E-state index in [0.717, 1.165) is 13.0 Å². The second-order valence-corrected chi connectivity index (χ2v) is 3.15. The quantitative estimate of drug-likeness (QED) is 0.592. The van der Waals surface area contributed by atoms with Crippen molar-refractivity contribution in [2.75, 3.05) is 5.73 Å². The summed E-state index contributed by atoms with van der Waals surface area (Å²) in [5.41, 5.74) is 3.08. The minimum atomic E-state index is -4.64. The third-order valence-electron chi connectivity index (χ3n) is 1.99. The number of ketones is 1. The first kappa shape index (κ1) is 12.0. The van der Waals surface area contributed by atoms with Crippen molar-refractivity contribution in [3.8, 4) is 6.07 Å². The number of nitriles is 1. The fourth-order valence-corrected chi connectivity index (χ4v) is 1.25. The van der Waals surface area contributed by atoms with Crippen LogP contribution in [-0.4, -0.2) is 5.78 Å². The lowest BCUT2D eigenvalue weighted by Gasteiger charge is -2.11. The standard InChI is InChI=1S/C10H7F3N2O/c1-5(16)7-3-8(10(11,12)13)9(15)2-6(7)4-14/h2-3H,15H2,1H3. The molecule has 0 spiro atoms. The van der Waals surface area contributed by atoms with E-state index < -0.39 is 23.2 Å². The molecule has 0 radical (unpaired) electrons. The van der Waals surface area contributed by atoms with Crippen LogP contribution in [0.25, 0.3) is 0 Å². The Morgan fingerprint density at radius 3 is 2.38 bits per heavy atom. The molecule has 0 bridgehead atoms. The summed E-state index contributed by atoms with van der Waals surface area (Å²) in [4.78, 5) is 11.1. The molecular weight excluding hydrogens is 221 g/mol. The van der Waals surface area contributed by atoms with Crippen LogP contribution in [0.15, 0.2) is 12.1 Å². The zero-order valence-corrected chi connectivity index (χ0v) is 8.22. The van der Waals surface area contributed by atoms with Crippen LogP contribution < -0.4 is 5.73 Å². The normalized spacial score (nSPS) is 10.9. The predicted octanol–water partition coefficient (Wildman–Crippen LogP) is 2.36. The highest BCUT2D eigenvalue weighted by molar-refractivity contribution is 5.97. The van der Waals surface area contributed by atoms with Crippen LogP contribution in [-0.2, 0) is 6.18 Å². The maximum absolute atomic E-state index is 12.5. The number of carbonyl (C=O) groups is 1. The highest BCUT2D eigenvalue weighted by atomic mass is 19.4. The van der Waals surface area contributed by atoms with Crippen LogP contribution in [0, 0.1) is 11.3 Å². The molecule has 1 aromatic carbocycles. The molecular formula is C10H7F3N2O. The number of Topliss-reactive ketones (excluding diaryl/α,β-unsaturated/α-hetero) is 1. The van der Waals surface area contributed by atoms with Crippen LogP contribution in [0.2, 0.25) is 0 Å². The van der Waals surface area contributed by atoms with E-state index in [0.29, 0.717) is 6.07 Å². The molecule has 1 aromatic rings. The molecule has 0 saturated heterocycles. The lowest BCUT2D eigenvalue weighted by molar-refractivity contribution is -0.136. The molecule has 1 rings (SSSR count). The molecule has 2 N–H and O–H groups in total. The van der Waals surface area contributed by atoms with Crippen LogP contribution in [0.4, 0.5) is 18.9 Å². The maximum Gasteiger partial charge on any atom is 0.418 e. The molecule has 3 nitrogen and oxygen atoms in total. The van der Waals surface area contributed by atoms with Crippen molar-refractivity contribution in [3.63, 3.8) is 0 Å². The molecule has 0 aromatic heterocycles. The Hall–Kier alpha value is -2.03. The Balaban J connectivity index is 3.53. The van der Waals surface area contributed by atoms with Gasteiger partial charge in [-0.2, -0.15) is 18.4 Å². The Morgan fingerprint density at radius 1 is 1.44 bits per heavy atom. The van der Waals surface area contributed by atoms with Crippen LogP contribution >= 0.6 is 0 Å². The van der Waals surface area contributed by atoms with Crippen molar-refractivity contribution >= 4 is 11.5 Å². The number of nitrogens with zero attached hydrogens (tertiary/aromatic N) is 1. The van der Waals surface area contributed by atoms with Gasteiger partial charge in [0.2, 0.25) is 0 Å². The van der Waals surface area contributed by atoms with Gasteiger partial charge in [0.15, 0.2) is 5.78 Å². The highest BCUT2D eigenvalue weighted by Gasteiger charge is 2.34. The highest BCUT2D eigenvalue weighted by Crippen LogP contribution is 2.35. The topological polar surface area (TPSA) is 66.9 Å². The zero-order chi connectivity index (χ0) is 12.5. The first-order chi connectivity index (χ1) is 7.27. The van der Waals surface area contributed by atoms with E-state index in [2.05, 4.69) is 0 Å². The molecule has 16 heavy (non-hydrogen) atoms. The van der Waals surface area contributed by atoms with Crippen molar-refractivity contribution in [1.29, 1.82) is 5.26 Å². The van der Waals surface area contributed by atoms with Crippen molar-refractivity contribution in [2.45, 2.75) is 13.1 Å². The zero-order valence-electron chi connectivity index (χ0n) is 8.22.